The molecule has 1 saturated heterocycles. The van der Waals surface area contributed by atoms with Crippen molar-refractivity contribution in [3.63, 3.8) is 0 Å². The molecule has 1 atom stereocenters. The van der Waals surface area contributed by atoms with Crippen LogP contribution in [0.5, 0.6) is 0 Å². The largest absolute Gasteiger partial charge is 0.311 e. The number of hydrogen-bond acceptors (Lipinski definition) is 2. The number of nitrogens with one attached hydrogen (secondary N) is 1. The van der Waals surface area contributed by atoms with Gasteiger partial charge in [0.2, 0.25) is 0 Å². The predicted molar refractivity (Wildman–Crippen MR) is 60.5 cm³/mol. The van der Waals surface area contributed by atoms with Gasteiger partial charge in [-0.1, -0.05) is 26.2 Å². The highest BCUT2D eigenvalue weighted by Gasteiger charge is 2.26. The summed E-state index contributed by atoms with van der Waals surface area (Å²) in [5.41, 5.74) is 0. The minimum Gasteiger partial charge on any atom is -0.311 e. The van der Waals surface area contributed by atoms with E-state index in [1.54, 1.807) is 0 Å². The summed E-state index contributed by atoms with van der Waals surface area (Å²) in [6.07, 6.45) is 8.51. The number of rotatable bonds is 3. The van der Waals surface area contributed by atoms with Gasteiger partial charge in [-0.2, -0.15) is 0 Å². The third-order valence-corrected chi connectivity index (χ3v) is 3.77. The van der Waals surface area contributed by atoms with Gasteiger partial charge in [0.15, 0.2) is 0 Å². The van der Waals surface area contributed by atoms with Crippen molar-refractivity contribution in [2.45, 2.75) is 57.5 Å². The smallest absolute Gasteiger partial charge is 0.0195 e. The lowest BCUT2D eigenvalue weighted by Gasteiger charge is -2.37. The molecule has 0 bridgehead atoms. The molecule has 2 aliphatic rings. The van der Waals surface area contributed by atoms with Crippen molar-refractivity contribution in [1.29, 1.82) is 0 Å². The average molecular weight is 196 g/mol. The van der Waals surface area contributed by atoms with E-state index in [1.807, 2.05) is 0 Å². The number of hydrogen-bond donors (Lipinski definition) is 1. The van der Waals surface area contributed by atoms with Crippen LogP contribution < -0.4 is 5.32 Å². The molecule has 0 aromatic heterocycles. The van der Waals surface area contributed by atoms with Crippen molar-refractivity contribution >= 4 is 0 Å². The molecular formula is C12H24N2. The first-order valence-electron chi connectivity index (χ1n) is 6.37. The van der Waals surface area contributed by atoms with Crippen LogP contribution in [-0.4, -0.2) is 36.6 Å². The topological polar surface area (TPSA) is 15.3 Å². The fourth-order valence-corrected chi connectivity index (χ4v) is 2.99. The standard InChI is InChI=1S/C12H24N2/c1-2-5-11-10-14(9-8-13-11)12-6-3-4-7-12/h11-13H,2-10H2,1H3. The highest BCUT2D eigenvalue weighted by atomic mass is 15.2. The van der Waals surface area contributed by atoms with Crippen molar-refractivity contribution in [3.8, 4) is 0 Å². The third-order valence-electron chi connectivity index (χ3n) is 3.77. The predicted octanol–water partition coefficient (Wildman–Crippen LogP) is 2.00. The van der Waals surface area contributed by atoms with Gasteiger partial charge >= 0.3 is 0 Å². The molecule has 0 spiro atoms. The Morgan fingerprint density at radius 3 is 2.79 bits per heavy atom. The van der Waals surface area contributed by atoms with Gasteiger partial charge in [-0.15, -0.1) is 0 Å². The Morgan fingerprint density at radius 1 is 1.29 bits per heavy atom. The summed E-state index contributed by atoms with van der Waals surface area (Å²) in [7, 11) is 0. The average Bonchev–Trinajstić information content (AvgIpc) is 2.71. The molecule has 14 heavy (non-hydrogen) atoms. The van der Waals surface area contributed by atoms with Crippen LogP contribution in [0.2, 0.25) is 0 Å². The zero-order valence-corrected chi connectivity index (χ0v) is 9.47. The quantitative estimate of drug-likeness (QED) is 0.743. The van der Waals surface area contributed by atoms with Crippen molar-refractivity contribution in [1.82, 2.24) is 10.2 Å². The van der Waals surface area contributed by atoms with Crippen LogP contribution in [0.1, 0.15) is 45.4 Å². The van der Waals surface area contributed by atoms with E-state index in [0.29, 0.717) is 0 Å². The number of piperazine rings is 1. The first kappa shape index (κ1) is 10.4. The zero-order chi connectivity index (χ0) is 9.80. The molecule has 2 heteroatoms. The summed E-state index contributed by atoms with van der Waals surface area (Å²) in [6, 6.07) is 1.70. The van der Waals surface area contributed by atoms with E-state index in [-0.39, 0.29) is 0 Å². The maximum absolute atomic E-state index is 3.63. The van der Waals surface area contributed by atoms with Crippen molar-refractivity contribution in [2.24, 2.45) is 0 Å². The second kappa shape index (κ2) is 5.13. The summed E-state index contributed by atoms with van der Waals surface area (Å²) in [5, 5.41) is 3.63. The van der Waals surface area contributed by atoms with E-state index in [9.17, 15) is 0 Å². The van der Waals surface area contributed by atoms with E-state index >= 15 is 0 Å². The normalized spacial score (nSPS) is 31.1. The Bertz CT molecular complexity index is 162. The highest BCUT2D eigenvalue weighted by Crippen LogP contribution is 2.24. The summed E-state index contributed by atoms with van der Waals surface area (Å²) in [4.78, 5) is 2.74. The van der Waals surface area contributed by atoms with E-state index in [0.717, 1.165) is 12.1 Å². The third kappa shape index (κ3) is 2.48. The molecule has 2 rings (SSSR count). The Morgan fingerprint density at radius 2 is 2.07 bits per heavy atom. The van der Waals surface area contributed by atoms with Crippen LogP contribution in [0.3, 0.4) is 0 Å². The highest BCUT2D eigenvalue weighted by molar-refractivity contribution is 4.85. The lowest BCUT2D eigenvalue weighted by Crippen LogP contribution is -2.53. The molecule has 2 nitrogen and oxygen atoms in total. The van der Waals surface area contributed by atoms with Gasteiger partial charge in [-0.25, -0.2) is 0 Å². The van der Waals surface area contributed by atoms with Gasteiger partial charge in [0.05, 0.1) is 0 Å². The van der Waals surface area contributed by atoms with Gasteiger partial charge in [-0.05, 0) is 19.3 Å². The first-order chi connectivity index (χ1) is 6.90. The number of nitrogens with zero attached hydrogens (tertiary/aromatic N) is 1. The zero-order valence-electron chi connectivity index (χ0n) is 9.47. The first-order valence-corrected chi connectivity index (χ1v) is 6.37. The maximum Gasteiger partial charge on any atom is 0.0195 e. The van der Waals surface area contributed by atoms with Gasteiger partial charge in [-0.3, -0.25) is 4.90 Å². The van der Waals surface area contributed by atoms with Crippen molar-refractivity contribution in [2.75, 3.05) is 19.6 Å². The van der Waals surface area contributed by atoms with Crippen LogP contribution in [-0.2, 0) is 0 Å². The second-order valence-electron chi connectivity index (χ2n) is 4.87. The van der Waals surface area contributed by atoms with E-state index in [2.05, 4.69) is 17.1 Å². The van der Waals surface area contributed by atoms with Crippen LogP contribution in [0.4, 0.5) is 0 Å². The molecule has 0 aromatic rings. The minimum absolute atomic E-state index is 0.773. The summed E-state index contributed by atoms with van der Waals surface area (Å²) < 4.78 is 0. The Labute approximate surface area is 88.1 Å². The van der Waals surface area contributed by atoms with Gasteiger partial charge in [0.1, 0.15) is 0 Å². The van der Waals surface area contributed by atoms with Crippen molar-refractivity contribution < 1.29 is 0 Å². The van der Waals surface area contributed by atoms with E-state index < -0.39 is 0 Å². The molecule has 82 valence electrons. The molecule has 1 saturated carbocycles. The molecule has 0 amide bonds. The molecule has 0 radical (unpaired) electrons. The molecule has 1 heterocycles. The molecule has 1 unspecified atom stereocenters. The fraction of sp³-hybridized carbons (Fsp3) is 1.00. The summed E-state index contributed by atoms with van der Waals surface area (Å²) in [6.45, 7) is 6.08. The van der Waals surface area contributed by atoms with Gasteiger partial charge in [0, 0.05) is 31.7 Å². The minimum atomic E-state index is 0.773. The van der Waals surface area contributed by atoms with E-state index in [1.165, 1.54) is 58.2 Å². The van der Waals surface area contributed by atoms with Crippen molar-refractivity contribution in [3.05, 3.63) is 0 Å². The lowest BCUT2D eigenvalue weighted by molar-refractivity contribution is 0.141. The van der Waals surface area contributed by atoms with Gasteiger partial charge < -0.3 is 5.32 Å². The lowest BCUT2D eigenvalue weighted by atomic mass is 10.1. The SMILES string of the molecule is CCCC1CN(C2CCCC2)CCN1. The van der Waals surface area contributed by atoms with E-state index in [4.69, 9.17) is 0 Å². The summed E-state index contributed by atoms with van der Waals surface area (Å²) in [5.74, 6) is 0. The van der Waals surface area contributed by atoms with Crippen LogP contribution in [0.15, 0.2) is 0 Å². The Hall–Kier alpha value is -0.0800. The van der Waals surface area contributed by atoms with Gasteiger partial charge in [0.25, 0.3) is 0 Å². The molecule has 1 aliphatic carbocycles. The molecule has 2 fully saturated rings. The van der Waals surface area contributed by atoms with Crippen LogP contribution in [0, 0.1) is 0 Å². The fourth-order valence-electron chi connectivity index (χ4n) is 2.99. The maximum atomic E-state index is 3.63. The molecular weight excluding hydrogens is 172 g/mol. The Balaban J connectivity index is 1.80. The second-order valence-corrected chi connectivity index (χ2v) is 4.87. The summed E-state index contributed by atoms with van der Waals surface area (Å²) >= 11 is 0. The Kier molecular flexibility index (Phi) is 3.82. The van der Waals surface area contributed by atoms with Crippen LogP contribution >= 0.6 is 0 Å². The monoisotopic (exact) mass is 196 g/mol. The molecule has 1 aliphatic heterocycles. The molecule has 1 N–H and O–H groups in total. The van der Waals surface area contributed by atoms with Crippen LogP contribution in [0.25, 0.3) is 0 Å². The molecule has 0 aromatic carbocycles.